The van der Waals surface area contributed by atoms with E-state index >= 15 is 0 Å². The molecular formula is C18H28N2O. The number of rotatable bonds is 6. The summed E-state index contributed by atoms with van der Waals surface area (Å²) in [5.41, 5.74) is 7.14. The van der Waals surface area contributed by atoms with Crippen molar-refractivity contribution >= 4 is 5.91 Å². The molecule has 0 aromatic heterocycles. The summed E-state index contributed by atoms with van der Waals surface area (Å²) in [6.07, 6.45) is 6.38. The third-order valence-electron chi connectivity index (χ3n) is 4.64. The van der Waals surface area contributed by atoms with Gasteiger partial charge in [0.1, 0.15) is 0 Å². The van der Waals surface area contributed by atoms with Crippen LogP contribution in [0, 0.1) is 5.92 Å². The van der Waals surface area contributed by atoms with Crippen molar-refractivity contribution in [1.82, 2.24) is 5.32 Å². The highest BCUT2D eigenvalue weighted by molar-refractivity contribution is 5.79. The van der Waals surface area contributed by atoms with Gasteiger partial charge in [0.15, 0.2) is 0 Å². The fourth-order valence-corrected chi connectivity index (χ4v) is 3.32. The summed E-state index contributed by atoms with van der Waals surface area (Å²) in [7, 11) is 0. The first kappa shape index (κ1) is 16.0. The number of benzene rings is 1. The molecule has 1 atom stereocenters. The predicted octanol–water partition coefficient (Wildman–Crippen LogP) is 3.20. The molecule has 3 nitrogen and oxygen atoms in total. The number of carbonyl (C=O) groups excluding carboxylic acids is 1. The molecule has 3 N–H and O–H groups in total. The summed E-state index contributed by atoms with van der Waals surface area (Å²) in [6, 6.07) is 11.1. The van der Waals surface area contributed by atoms with E-state index in [-0.39, 0.29) is 11.8 Å². The maximum absolute atomic E-state index is 12.2. The highest BCUT2D eigenvalue weighted by Crippen LogP contribution is 2.32. The van der Waals surface area contributed by atoms with Crippen LogP contribution in [0.5, 0.6) is 0 Å². The van der Waals surface area contributed by atoms with Gasteiger partial charge < -0.3 is 11.1 Å². The fraction of sp³-hybridized carbons (Fsp3) is 0.611. The smallest absolute Gasteiger partial charge is 0.224 e. The molecule has 1 unspecified atom stereocenters. The zero-order chi connectivity index (χ0) is 15.1. The van der Waals surface area contributed by atoms with E-state index in [4.69, 9.17) is 5.73 Å². The van der Waals surface area contributed by atoms with E-state index < -0.39 is 0 Å². The van der Waals surface area contributed by atoms with Crippen LogP contribution in [0.3, 0.4) is 0 Å². The maximum atomic E-state index is 12.2. The standard InChI is InChI=1S/C18H28N2O/c1-2-6-16(13-19)18(21)20-17-11-9-15(10-12-17)14-7-4-3-5-8-14/h3-5,7-8,15-17H,2,6,9-13,19H2,1H3,(H,20,21). The van der Waals surface area contributed by atoms with Gasteiger partial charge >= 0.3 is 0 Å². The van der Waals surface area contributed by atoms with Crippen molar-refractivity contribution in [1.29, 1.82) is 0 Å². The van der Waals surface area contributed by atoms with E-state index in [2.05, 4.69) is 42.6 Å². The quantitative estimate of drug-likeness (QED) is 0.844. The zero-order valence-electron chi connectivity index (χ0n) is 13.1. The molecule has 21 heavy (non-hydrogen) atoms. The lowest BCUT2D eigenvalue weighted by molar-refractivity contribution is -0.125. The molecule has 0 aliphatic heterocycles. The van der Waals surface area contributed by atoms with Gasteiger partial charge in [-0.3, -0.25) is 4.79 Å². The van der Waals surface area contributed by atoms with Gasteiger partial charge in [-0.1, -0.05) is 43.7 Å². The second-order valence-corrected chi connectivity index (χ2v) is 6.19. The molecule has 0 heterocycles. The highest BCUT2D eigenvalue weighted by atomic mass is 16.1. The zero-order valence-corrected chi connectivity index (χ0v) is 13.1. The van der Waals surface area contributed by atoms with Crippen LogP contribution in [0.25, 0.3) is 0 Å². The summed E-state index contributed by atoms with van der Waals surface area (Å²) in [4.78, 5) is 12.2. The normalized spacial score (nSPS) is 23.5. The first-order valence-electron chi connectivity index (χ1n) is 8.30. The Morgan fingerprint density at radius 3 is 2.48 bits per heavy atom. The Balaban J connectivity index is 1.80. The van der Waals surface area contributed by atoms with Gasteiger partial charge in [0, 0.05) is 12.6 Å². The molecule has 1 amide bonds. The largest absolute Gasteiger partial charge is 0.353 e. The van der Waals surface area contributed by atoms with E-state index in [1.807, 2.05) is 0 Å². The van der Waals surface area contributed by atoms with Crippen LogP contribution in [0.15, 0.2) is 30.3 Å². The third kappa shape index (κ3) is 4.57. The maximum Gasteiger partial charge on any atom is 0.224 e. The van der Waals surface area contributed by atoms with Gasteiger partial charge in [-0.15, -0.1) is 0 Å². The molecule has 0 spiro atoms. The first-order valence-corrected chi connectivity index (χ1v) is 8.30. The molecule has 1 aliphatic carbocycles. The number of amides is 1. The highest BCUT2D eigenvalue weighted by Gasteiger charge is 2.25. The molecule has 116 valence electrons. The molecule has 3 heteroatoms. The van der Waals surface area contributed by atoms with Crippen molar-refractivity contribution in [2.24, 2.45) is 11.7 Å². The Morgan fingerprint density at radius 1 is 1.24 bits per heavy atom. The van der Waals surface area contributed by atoms with Gasteiger partial charge in [0.25, 0.3) is 0 Å². The molecule has 1 aromatic carbocycles. The van der Waals surface area contributed by atoms with Gasteiger partial charge in [-0.2, -0.15) is 0 Å². The van der Waals surface area contributed by atoms with Crippen LogP contribution < -0.4 is 11.1 Å². The lowest BCUT2D eigenvalue weighted by Crippen LogP contribution is -2.42. The van der Waals surface area contributed by atoms with Crippen molar-refractivity contribution in [2.75, 3.05) is 6.54 Å². The van der Waals surface area contributed by atoms with E-state index in [9.17, 15) is 4.79 Å². The summed E-state index contributed by atoms with van der Waals surface area (Å²) < 4.78 is 0. The molecule has 0 bridgehead atoms. The predicted molar refractivity (Wildman–Crippen MR) is 87.0 cm³/mol. The topological polar surface area (TPSA) is 55.1 Å². The van der Waals surface area contributed by atoms with Gasteiger partial charge in [-0.25, -0.2) is 0 Å². The van der Waals surface area contributed by atoms with E-state index in [0.717, 1.165) is 38.5 Å². The molecule has 2 rings (SSSR count). The summed E-state index contributed by atoms with van der Waals surface area (Å²) in [5.74, 6) is 0.796. The van der Waals surface area contributed by atoms with E-state index in [1.165, 1.54) is 5.56 Å². The molecule has 0 saturated heterocycles. The second kappa shape index (κ2) is 8.18. The summed E-state index contributed by atoms with van der Waals surface area (Å²) in [5, 5.41) is 3.21. The first-order chi connectivity index (χ1) is 10.2. The lowest BCUT2D eigenvalue weighted by atomic mass is 9.81. The minimum atomic E-state index is -0.0122. The SMILES string of the molecule is CCCC(CN)C(=O)NC1CCC(c2ccccc2)CC1. The monoisotopic (exact) mass is 288 g/mol. The molecule has 1 saturated carbocycles. The van der Waals surface area contributed by atoms with Crippen LogP contribution >= 0.6 is 0 Å². The average molecular weight is 288 g/mol. The summed E-state index contributed by atoms with van der Waals surface area (Å²) in [6.45, 7) is 2.56. The minimum Gasteiger partial charge on any atom is -0.353 e. The van der Waals surface area contributed by atoms with Crippen molar-refractivity contribution in [3.63, 3.8) is 0 Å². The van der Waals surface area contributed by atoms with Gasteiger partial charge in [0.2, 0.25) is 5.91 Å². The fourth-order valence-electron chi connectivity index (χ4n) is 3.32. The number of nitrogens with two attached hydrogens (primary N) is 1. The Hall–Kier alpha value is -1.35. The Kier molecular flexibility index (Phi) is 6.24. The summed E-state index contributed by atoms with van der Waals surface area (Å²) >= 11 is 0. The van der Waals surface area contributed by atoms with Crippen molar-refractivity contribution < 1.29 is 4.79 Å². The van der Waals surface area contributed by atoms with Crippen molar-refractivity contribution in [2.45, 2.75) is 57.4 Å². The number of hydrogen-bond acceptors (Lipinski definition) is 2. The van der Waals surface area contributed by atoms with Crippen LogP contribution in [-0.4, -0.2) is 18.5 Å². The lowest BCUT2D eigenvalue weighted by Gasteiger charge is -2.30. The van der Waals surface area contributed by atoms with Gasteiger partial charge in [0.05, 0.1) is 5.92 Å². The van der Waals surface area contributed by atoms with Crippen LogP contribution in [0.1, 0.15) is 56.9 Å². The minimum absolute atomic E-state index is 0.0122. The van der Waals surface area contributed by atoms with E-state index in [1.54, 1.807) is 0 Å². The molecular weight excluding hydrogens is 260 g/mol. The number of carbonyl (C=O) groups is 1. The second-order valence-electron chi connectivity index (χ2n) is 6.19. The van der Waals surface area contributed by atoms with Crippen molar-refractivity contribution in [3.05, 3.63) is 35.9 Å². The molecule has 1 aromatic rings. The van der Waals surface area contributed by atoms with Crippen molar-refractivity contribution in [3.8, 4) is 0 Å². The average Bonchev–Trinajstić information content (AvgIpc) is 2.54. The third-order valence-corrected chi connectivity index (χ3v) is 4.64. The number of nitrogens with one attached hydrogen (secondary N) is 1. The Bertz CT molecular complexity index is 424. The molecule has 1 fully saturated rings. The van der Waals surface area contributed by atoms with Crippen LogP contribution in [0.2, 0.25) is 0 Å². The Morgan fingerprint density at radius 2 is 1.90 bits per heavy atom. The molecule has 1 aliphatic rings. The molecule has 0 radical (unpaired) electrons. The van der Waals surface area contributed by atoms with E-state index in [0.29, 0.717) is 18.5 Å². The van der Waals surface area contributed by atoms with Gasteiger partial charge in [-0.05, 0) is 43.6 Å². The van der Waals surface area contributed by atoms with Crippen LogP contribution in [0.4, 0.5) is 0 Å². The van der Waals surface area contributed by atoms with Crippen LogP contribution in [-0.2, 0) is 4.79 Å². The Labute approximate surface area is 128 Å². The number of hydrogen-bond donors (Lipinski definition) is 2.